The van der Waals surface area contributed by atoms with Gasteiger partial charge in [0.25, 0.3) is 0 Å². The molecule has 0 aliphatic carbocycles. The number of pyridine rings is 3. The zero-order valence-electron chi connectivity index (χ0n) is 19.4. The van der Waals surface area contributed by atoms with E-state index in [1.54, 1.807) is 26.4 Å². The number of nitrogens with two attached hydrogens (primary N) is 1. The summed E-state index contributed by atoms with van der Waals surface area (Å²) in [5.74, 6) is 1.55. The van der Waals surface area contributed by atoms with E-state index in [4.69, 9.17) is 20.4 Å². The molecule has 0 aromatic carbocycles. The summed E-state index contributed by atoms with van der Waals surface area (Å²) in [7, 11) is 3.28. The van der Waals surface area contributed by atoms with Crippen LogP contribution < -0.4 is 20.7 Å². The molecular weight excluding hydrogens is 402 g/mol. The van der Waals surface area contributed by atoms with E-state index in [1.165, 1.54) is 0 Å². The minimum Gasteiger partial charge on any atom is -0.494 e. The summed E-state index contributed by atoms with van der Waals surface area (Å²) in [6.07, 6.45) is 2.74. The summed E-state index contributed by atoms with van der Waals surface area (Å²) >= 11 is 0. The number of nitrogen functional groups attached to an aromatic ring is 1. The van der Waals surface area contributed by atoms with E-state index in [0.29, 0.717) is 34.6 Å². The van der Waals surface area contributed by atoms with Crippen molar-refractivity contribution in [2.24, 2.45) is 4.99 Å². The second kappa shape index (κ2) is 8.70. The van der Waals surface area contributed by atoms with Gasteiger partial charge in [0, 0.05) is 44.0 Å². The predicted octanol–water partition coefficient (Wildman–Crippen LogP) is 3.30. The third kappa shape index (κ3) is 4.65. The minimum absolute atomic E-state index is 0.109. The molecule has 1 aliphatic rings. The van der Waals surface area contributed by atoms with Gasteiger partial charge in [-0.3, -0.25) is 4.99 Å². The molecule has 1 atom stereocenters. The number of ether oxygens (including phenoxy) is 1. The number of fused-ring (bicyclic) bond motifs is 1. The molecular formula is C24H31N7O. The number of hydrogen-bond donors (Lipinski definition) is 2. The van der Waals surface area contributed by atoms with Gasteiger partial charge in [0.05, 0.1) is 29.5 Å². The van der Waals surface area contributed by atoms with Gasteiger partial charge < -0.3 is 20.7 Å². The van der Waals surface area contributed by atoms with Gasteiger partial charge in [-0.05, 0) is 51.5 Å². The van der Waals surface area contributed by atoms with Crippen molar-refractivity contribution in [1.82, 2.24) is 20.3 Å². The molecule has 0 spiro atoms. The number of hydrogen-bond acceptors (Lipinski definition) is 8. The van der Waals surface area contributed by atoms with Gasteiger partial charge in [-0.25, -0.2) is 15.0 Å². The third-order valence-electron chi connectivity index (χ3n) is 5.44. The predicted molar refractivity (Wildman–Crippen MR) is 131 cm³/mol. The quantitative estimate of drug-likeness (QED) is 0.595. The van der Waals surface area contributed by atoms with Crippen molar-refractivity contribution in [3.63, 3.8) is 0 Å². The Labute approximate surface area is 188 Å². The summed E-state index contributed by atoms with van der Waals surface area (Å²) in [5.41, 5.74) is 10.3. The molecule has 8 nitrogen and oxygen atoms in total. The molecule has 4 heterocycles. The smallest absolute Gasteiger partial charge is 0.148 e. The fourth-order valence-electron chi connectivity index (χ4n) is 4.09. The Kier molecular flexibility index (Phi) is 5.97. The standard InChI is InChI=1S/C24H31N7O/c1-24(2,3)30-15-10-11-31(14-15)22-9-8-17-18(28-22)6-7-19(27-17)23-21(32-5)12-16(25)20(29-23)13-26-4/h6-9,12-13,15,30H,10-11,14,25H2,1-5H3. The Balaban J connectivity index is 1.63. The van der Waals surface area contributed by atoms with Crippen LogP contribution in [0, 0.1) is 0 Å². The van der Waals surface area contributed by atoms with E-state index in [0.717, 1.165) is 36.4 Å². The highest BCUT2D eigenvalue weighted by Crippen LogP contribution is 2.31. The van der Waals surface area contributed by atoms with Crippen LogP contribution >= 0.6 is 0 Å². The summed E-state index contributed by atoms with van der Waals surface area (Å²) in [6, 6.07) is 10.2. The van der Waals surface area contributed by atoms with E-state index >= 15 is 0 Å². The molecule has 8 heteroatoms. The lowest BCUT2D eigenvalue weighted by Crippen LogP contribution is -2.44. The monoisotopic (exact) mass is 433 g/mol. The molecule has 3 N–H and O–H groups in total. The Morgan fingerprint density at radius 1 is 1.16 bits per heavy atom. The Morgan fingerprint density at radius 2 is 1.91 bits per heavy atom. The average Bonchev–Trinajstić information content (AvgIpc) is 3.21. The molecule has 1 saturated heterocycles. The minimum atomic E-state index is 0.109. The third-order valence-corrected chi connectivity index (χ3v) is 5.44. The van der Waals surface area contributed by atoms with E-state index in [-0.39, 0.29) is 5.54 Å². The first-order valence-electron chi connectivity index (χ1n) is 10.8. The van der Waals surface area contributed by atoms with Crippen molar-refractivity contribution in [2.45, 2.75) is 38.8 Å². The van der Waals surface area contributed by atoms with Crippen molar-refractivity contribution in [3.8, 4) is 17.1 Å². The van der Waals surface area contributed by atoms with E-state index < -0.39 is 0 Å². The highest BCUT2D eigenvalue weighted by molar-refractivity contribution is 5.87. The number of nitrogens with zero attached hydrogens (tertiary/aromatic N) is 5. The first-order chi connectivity index (χ1) is 15.3. The summed E-state index contributed by atoms with van der Waals surface area (Å²) in [4.78, 5) is 20.7. The van der Waals surface area contributed by atoms with Crippen LogP contribution in [0.2, 0.25) is 0 Å². The molecule has 0 amide bonds. The second-order valence-corrected chi connectivity index (χ2v) is 9.13. The molecule has 32 heavy (non-hydrogen) atoms. The van der Waals surface area contributed by atoms with Crippen LogP contribution in [-0.4, -0.2) is 60.0 Å². The molecule has 1 aliphatic heterocycles. The van der Waals surface area contributed by atoms with Gasteiger partial charge in [-0.15, -0.1) is 0 Å². The molecule has 0 bridgehead atoms. The molecule has 4 rings (SSSR count). The van der Waals surface area contributed by atoms with Crippen LogP contribution in [0.1, 0.15) is 32.9 Å². The number of nitrogens with one attached hydrogen (secondary N) is 1. The maximum absolute atomic E-state index is 6.07. The highest BCUT2D eigenvalue weighted by atomic mass is 16.5. The van der Waals surface area contributed by atoms with Gasteiger partial charge in [0.15, 0.2) is 0 Å². The van der Waals surface area contributed by atoms with Gasteiger partial charge in [-0.1, -0.05) is 0 Å². The number of rotatable bonds is 5. The molecule has 1 fully saturated rings. The van der Waals surface area contributed by atoms with Crippen molar-refractivity contribution >= 4 is 28.8 Å². The lowest BCUT2D eigenvalue weighted by molar-refractivity contribution is 0.373. The van der Waals surface area contributed by atoms with Gasteiger partial charge in [0.1, 0.15) is 23.0 Å². The molecule has 1 unspecified atom stereocenters. The SMILES string of the molecule is CN=Cc1nc(-c2ccc3nc(N4CCC(NC(C)(C)C)C4)ccc3n2)c(OC)cc1N. The molecule has 168 valence electrons. The van der Waals surface area contributed by atoms with Crippen LogP contribution in [-0.2, 0) is 0 Å². The van der Waals surface area contributed by atoms with Crippen molar-refractivity contribution in [2.75, 3.05) is 37.9 Å². The zero-order chi connectivity index (χ0) is 22.9. The Bertz CT molecular complexity index is 1150. The first kappa shape index (κ1) is 22.0. The Morgan fingerprint density at radius 3 is 2.62 bits per heavy atom. The van der Waals surface area contributed by atoms with Gasteiger partial charge >= 0.3 is 0 Å². The second-order valence-electron chi connectivity index (χ2n) is 9.13. The van der Waals surface area contributed by atoms with Gasteiger partial charge in [-0.2, -0.15) is 0 Å². The Hall–Kier alpha value is -3.26. The lowest BCUT2D eigenvalue weighted by Gasteiger charge is -2.26. The van der Waals surface area contributed by atoms with Gasteiger partial charge in [0.2, 0.25) is 0 Å². The fourth-order valence-corrected chi connectivity index (χ4v) is 4.09. The highest BCUT2D eigenvalue weighted by Gasteiger charge is 2.26. The molecule has 3 aromatic heterocycles. The summed E-state index contributed by atoms with van der Waals surface area (Å²) in [6.45, 7) is 8.56. The zero-order valence-corrected chi connectivity index (χ0v) is 19.4. The first-order valence-corrected chi connectivity index (χ1v) is 10.8. The normalized spacial score (nSPS) is 16.9. The number of aliphatic imine (C=N–C) groups is 1. The van der Waals surface area contributed by atoms with Crippen molar-refractivity contribution in [1.29, 1.82) is 0 Å². The fraction of sp³-hybridized carbons (Fsp3) is 0.417. The molecule has 3 aromatic rings. The number of aromatic nitrogens is 3. The van der Waals surface area contributed by atoms with Crippen LogP contribution in [0.25, 0.3) is 22.4 Å². The maximum Gasteiger partial charge on any atom is 0.148 e. The molecule has 0 radical (unpaired) electrons. The van der Waals surface area contributed by atoms with E-state index in [1.807, 2.05) is 24.3 Å². The average molecular weight is 434 g/mol. The van der Waals surface area contributed by atoms with Crippen molar-refractivity contribution in [3.05, 3.63) is 36.0 Å². The topological polar surface area (TPSA) is 102 Å². The van der Waals surface area contributed by atoms with Crippen LogP contribution in [0.4, 0.5) is 11.5 Å². The van der Waals surface area contributed by atoms with Crippen LogP contribution in [0.3, 0.4) is 0 Å². The van der Waals surface area contributed by atoms with E-state index in [2.05, 4.69) is 41.0 Å². The van der Waals surface area contributed by atoms with Crippen LogP contribution in [0.5, 0.6) is 5.75 Å². The van der Waals surface area contributed by atoms with Crippen molar-refractivity contribution < 1.29 is 4.74 Å². The lowest BCUT2D eigenvalue weighted by atomic mass is 10.1. The maximum atomic E-state index is 6.07. The summed E-state index contributed by atoms with van der Waals surface area (Å²) < 4.78 is 5.50. The number of anilines is 2. The number of methoxy groups -OCH3 is 1. The van der Waals surface area contributed by atoms with E-state index in [9.17, 15) is 0 Å². The van der Waals surface area contributed by atoms with Crippen LogP contribution in [0.15, 0.2) is 35.3 Å². The summed E-state index contributed by atoms with van der Waals surface area (Å²) in [5, 5.41) is 3.69. The molecule has 0 saturated carbocycles. The largest absolute Gasteiger partial charge is 0.494 e.